The van der Waals surface area contributed by atoms with E-state index in [0.29, 0.717) is 35.8 Å². The van der Waals surface area contributed by atoms with E-state index in [1.807, 2.05) is 0 Å². The average molecular weight is 463 g/mol. The van der Waals surface area contributed by atoms with Crippen LogP contribution in [0.5, 0.6) is 5.75 Å². The van der Waals surface area contributed by atoms with Crippen molar-refractivity contribution in [2.75, 3.05) is 36.9 Å². The number of rotatable bonds is 9. The number of pyridine rings is 1. The van der Waals surface area contributed by atoms with E-state index >= 15 is 0 Å². The molecule has 0 saturated heterocycles. The molecule has 2 heterocycles. The second-order valence-corrected chi connectivity index (χ2v) is 9.05. The van der Waals surface area contributed by atoms with Crippen molar-refractivity contribution in [2.24, 2.45) is 10.1 Å². The Morgan fingerprint density at radius 1 is 1.28 bits per heavy atom. The number of carbonyl (C=O) groups is 1. The third-order valence-corrected chi connectivity index (χ3v) is 5.33. The maximum Gasteiger partial charge on any atom is 0.344 e. The molecule has 11 nitrogen and oxygen atoms in total. The number of hydrogen-bond acceptors (Lipinski definition) is 8. The molecule has 12 heteroatoms. The first-order chi connectivity index (χ1) is 15.1. The summed E-state index contributed by atoms with van der Waals surface area (Å²) >= 11 is 0. The number of methoxy groups -OCH3 is 1. The van der Waals surface area contributed by atoms with Crippen molar-refractivity contribution in [3.05, 3.63) is 47.7 Å². The third-order valence-electron chi connectivity index (χ3n) is 4.41. The highest BCUT2D eigenvalue weighted by Gasteiger charge is 2.27. The SMILES string of the molecule is COCCNc1cc(C(=O)NC(C)(C)COc2cccc3c2C(N)=NS(=O)(=O)N3)ccn1. The Hall–Kier alpha value is -3.38. The smallest absolute Gasteiger partial charge is 0.344 e. The summed E-state index contributed by atoms with van der Waals surface area (Å²) in [4.78, 5) is 16.9. The van der Waals surface area contributed by atoms with Gasteiger partial charge in [0.25, 0.3) is 5.91 Å². The van der Waals surface area contributed by atoms with Crippen LogP contribution in [0.1, 0.15) is 29.8 Å². The topological polar surface area (TPSA) is 157 Å². The Balaban J connectivity index is 1.67. The molecule has 172 valence electrons. The van der Waals surface area contributed by atoms with Gasteiger partial charge < -0.3 is 25.8 Å². The summed E-state index contributed by atoms with van der Waals surface area (Å²) in [6.45, 7) is 4.79. The first kappa shape index (κ1) is 23.3. The van der Waals surface area contributed by atoms with Crippen LogP contribution in [-0.2, 0) is 14.9 Å². The molecule has 32 heavy (non-hydrogen) atoms. The Kier molecular flexibility index (Phi) is 6.84. The van der Waals surface area contributed by atoms with Gasteiger partial charge in [0.1, 0.15) is 18.2 Å². The Morgan fingerprint density at radius 3 is 2.81 bits per heavy atom. The van der Waals surface area contributed by atoms with Gasteiger partial charge in [0.2, 0.25) is 0 Å². The predicted octanol–water partition coefficient (Wildman–Crippen LogP) is 1.10. The lowest BCUT2D eigenvalue weighted by molar-refractivity contribution is 0.0880. The monoisotopic (exact) mass is 462 g/mol. The van der Waals surface area contributed by atoms with Crippen molar-refractivity contribution in [1.82, 2.24) is 10.3 Å². The zero-order valence-electron chi connectivity index (χ0n) is 18.0. The summed E-state index contributed by atoms with van der Waals surface area (Å²) in [6.07, 6.45) is 1.55. The molecular formula is C20H26N6O5S. The number of anilines is 2. The van der Waals surface area contributed by atoms with E-state index in [1.54, 1.807) is 57.5 Å². The molecule has 0 atom stereocenters. The largest absolute Gasteiger partial charge is 0.490 e. The van der Waals surface area contributed by atoms with Gasteiger partial charge in [-0.25, -0.2) is 4.98 Å². The zero-order valence-corrected chi connectivity index (χ0v) is 18.8. The van der Waals surface area contributed by atoms with E-state index < -0.39 is 15.7 Å². The standard InChI is InChI=1S/C20H26N6O5S/c1-20(2,24-19(27)13-7-8-22-16(11-13)23-9-10-30-3)12-31-15-6-4-5-14-17(15)18(21)26-32(28,29)25-14/h4-8,11,25H,9-10,12H2,1-3H3,(H2,21,26)(H,22,23)(H,24,27). The van der Waals surface area contributed by atoms with Gasteiger partial charge in [-0.15, -0.1) is 4.40 Å². The van der Waals surface area contributed by atoms with Crippen LogP contribution in [0.4, 0.5) is 11.5 Å². The van der Waals surface area contributed by atoms with Crippen molar-refractivity contribution in [3.8, 4) is 5.75 Å². The van der Waals surface area contributed by atoms with Gasteiger partial charge in [0.05, 0.1) is 23.4 Å². The van der Waals surface area contributed by atoms with Gasteiger partial charge in [-0.3, -0.25) is 9.52 Å². The van der Waals surface area contributed by atoms with Crippen LogP contribution in [0.25, 0.3) is 0 Å². The van der Waals surface area contributed by atoms with Gasteiger partial charge in [0, 0.05) is 25.4 Å². The number of amides is 1. The number of carbonyl (C=O) groups excluding carboxylic acids is 1. The molecule has 0 fully saturated rings. The fourth-order valence-corrected chi connectivity index (χ4v) is 3.80. The predicted molar refractivity (Wildman–Crippen MR) is 121 cm³/mol. The van der Waals surface area contributed by atoms with E-state index in [9.17, 15) is 13.2 Å². The van der Waals surface area contributed by atoms with Crippen LogP contribution in [0, 0.1) is 0 Å². The molecule has 1 aliphatic heterocycles. The lowest BCUT2D eigenvalue weighted by Gasteiger charge is -2.27. The van der Waals surface area contributed by atoms with Gasteiger partial charge in [-0.1, -0.05) is 6.07 Å². The lowest BCUT2D eigenvalue weighted by Crippen LogP contribution is -2.48. The van der Waals surface area contributed by atoms with Gasteiger partial charge in [0.15, 0.2) is 5.84 Å². The van der Waals surface area contributed by atoms with Crippen LogP contribution in [0.2, 0.25) is 0 Å². The molecule has 1 amide bonds. The molecule has 2 aromatic rings. The highest BCUT2D eigenvalue weighted by molar-refractivity contribution is 7.91. The van der Waals surface area contributed by atoms with Crippen molar-refractivity contribution in [3.63, 3.8) is 0 Å². The minimum atomic E-state index is -3.88. The van der Waals surface area contributed by atoms with Crippen LogP contribution in [0.3, 0.4) is 0 Å². The Morgan fingerprint density at radius 2 is 2.06 bits per heavy atom. The number of nitrogens with two attached hydrogens (primary N) is 1. The maximum atomic E-state index is 12.7. The first-order valence-corrected chi connectivity index (χ1v) is 11.2. The number of nitrogens with one attached hydrogen (secondary N) is 3. The maximum absolute atomic E-state index is 12.7. The fraction of sp³-hybridized carbons (Fsp3) is 0.350. The number of fused-ring (bicyclic) bond motifs is 1. The molecule has 0 radical (unpaired) electrons. The Bertz CT molecular complexity index is 1130. The quantitative estimate of drug-likeness (QED) is 0.404. The number of hydrogen-bond donors (Lipinski definition) is 4. The minimum Gasteiger partial charge on any atom is -0.490 e. The summed E-state index contributed by atoms with van der Waals surface area (Å²) in [5.41, 5.74) is 6.15. The third kappa shape index (κ3) is 5.86. The highest BCUT2D eigenvalue weighted by atomic mass is 32.2. The number of nitrogens with zero attached hydrogens (tertiary/aromatic N) is 2. The summed E-state index contributed by atoms with van der Waals surface area (Å²) in [5.74, 6) is 0.458. The fourth-order valence-electron chi connectivity index (χ4n) is 2.96. The number of ether oxygens (including phenoxy) is 2. The zero-order chi connectivity index (χ0) is 23.4. The molecular weight excluding hydrogens is 436 g/mol. The Labute approximate surface area is 186 Å². The van der Waals surface area contributed by atoms with E-state index in [4.69, 9.17) is 15.2 Å². The summed E-state index contributed by atoms with van der Waals surface area (Å²) in [6, 6.07) is 8.12. The molecule has 1 aromatic heterocycles. The van der Waals surface area contributed by atoms with Crippen molar-refractivity contribution in [2.45, 2.75) is 19.4 Å². The van der Waals surface area contributed by atoms with E-state index in [2.05, 4.69) is 24.7 Å². The second-order valence-electron chi connectivity index (χ2n) is 7.71. The molecule has 0 aliphatic carbocycles. The minimum absolute atomic E-state index is 0.0965. The van der Waals surface area contributed by atoms with E-state index in [-0.39, 0.29) is 24.0 Å². The van der Waals surface area contributed by atoms with Crippen molar-refractivity contribution >= 4 is 33.5 Å². The van der Waals surface area contributed by atoms with Gasteiger partial charge >= 0.3 is 10.2 Å². The molecule has 0 saturated carbocycles. The van der Waals surface area contributed by atoms with Crippen LogP contribution >= 0.6 is 0 Å². The molecule has 0 unspecified atom stereocenters. The summed E-state index contributed by atoms with van der Waals surface area (Å²) in [5, 5.41) is 6.00. The number of aromatic nitrogens is 1. The van der Waals surface area contributed by atoms with Gasteiger partial charge in [-0.05, 0) is 38.1 Å². The van der Waals surface area contributed by atoms with E-state index in [1.165, 1.54) is 0 Å². The van der Waals surface area contributed by atoms with Crippen molar-refractivity contribution < 1.29 is 22.7 Å². The van der Waals surface area contributed by atoms with Crippen LogP contribution in [0.15, 0.2) is 40.9 Å². The molecule has 0 bridgehead atoms. The molecule has 1 aromatic carbocycles. The summed E-state index contributed by atoms with van der Waals surface area (Å²) < 4.78 is 40.1. The molecule has 3 rings (SSSR count). The second kappa shape index (κ2) is 9.40. The van der Waals surface area contributed by atoms with Gasteiger partial charge in [-0.2, -0.15) is 8.42 Å². The van der Waals surface area contributed by atoms with Crippen LogP contribution < -0.4 is 25.8 Å². The average Bonchev–Trinajstić information content (AvgIpc) is 2.71. The first-order valence-electron chi connectivity index (χ1n) is 9.76. The lowest BCUT2D eigenvalue weighted by atomic mass is 10.1. The van der Waals surface area contributed by atoms with Crippen molar-refractivity contribution in [1.29, 1.82) is 0 Å². The van der Waals surface area contributed by atoms with Crippen LogP contribution in [-0.4, -0.2) is 57.6 Å². The normalized spacial score (nSPS) is 14.5. The number of benzene rings is 1. The molecule has 0 spiro atoms. The highest BCUT2D eigenvalue weighted by Crippen LogP contribution is 2.30. The summed E-state index contributed by atoms with van der Waals surface area (Å²) in [7, 11) is -2.27. The van der Waals surface area contributed by atoms with E-state index in [0.717, 1.165) is 0 Å². The molecule has 5 N–H and O–H groups in total. The number of amidine groups is 1. The molecule has 1 aliphatic rings.